The minimum Gasteiger partial charge on any atom is -0.469 e. The second kappa shape index (κ2) is 9.44. The molecule has 5 nitrogen and oxygen atoms in total. The van der Waals surface area contributed by atoms with E-state index in [-0.39, 0.29) is 17.7 Å². The van der Waals surface area contributed by atoms with Crippen LogP contribution in [0.5, 0.6) is 0 Å². The minimum atomic E-state index is -0.325. The van der Waals surface area contributed by atoms with Crippen LogP contribution in [0.15, 0.2) is 83.5 Å². The molecular formula is C25H26N2O3. The lowest BCUT2D eigenvalue weighted by Gasteiger charge is -2.36. The van der Waals surface area contributed by atoms with Crippen molar-refractivity contribution in [2.75, 3.05) is 26.2 Å². The average molecular weight is 402 g/mol. The van der Waals surface area contributed by atoms with Crippen molar-refractivity contribution in [3.63, 3.8) is 0 Å². The first-order valence-corrected chi connectivity index (χ1v) is 10.4. The van der Waals surface area contributed by atoms with Crippen LogP contribution in [0.1, 0.15) is 29.2 Å². The third-order valence-corrected chi connectivity index (χ3v) is 5.62. The van der Waals surface area contributed by atoms with Crippen molar-refractivity contribution in [1.82, 2.24) is 9.80 Å². The third kappa shape index (κ3) is 4.62. The Bertz CT molecular complexity index is 907. The van der Waals surface area contributed by atoms with Crippen molar-refractivity contribution in [2.45, 2.75) is 18.8 Å². The lowest BCUT2D eigenvalue weighted by atomic mass is 9.90. The highest BCUT2D eigenvalue weighted by molar-refractivity contribution is 5.87. The third-order valence-electron chi connectivity index (χ3n) is 5.62. The van der Waals surface area contributed by atoms with Crippen molar-refractivity contribution in [3.8, 4) is 0 Å². The molecule has 0 aliphatic carbocycles. The summed E-state index contributed by atoms with van der Waals surface area (Å²) in [6.45, 7) is 2.25. The van der Waals surface area contributed by atoms with Gasteiger partial charge >= 0.3 is 0 Å². The standard InChI is InChI=1S/C25H26N2O3/c28-23(14-13-22-12-7-19-30-22)26-15-17-27(18-16-26)25(29)24(20-8-3-1-4-9-20)21-10-5-2-6-11-21/h1-12,19,24H,13-18H2. The van der Waals surface area contributed by atoms with Gasteiger partial charge in [0.15, 0.2) is 0 Å². The van der Waals surface area contributed by atoms with Crippen LogP contribution >= 0.6 is 0 Å². The Kier molecular flexibility index (Phi) is 6.28. The summed E-state index contributed by atoms with van der Waals surface area (Å²) in [6, 6.07) is 23.5. The summed E-state index contributed by atoms with van der Waals surface area (Å²) in [4.78, 5) is 29.7. The average Bonchev–Trinajstić information content (AvgIpc) is 3.33. The molecule has 2 heterocycles. The second-order valence-corrected chi connectivity index (χ2v) is 7.54. The molecule has 0 unspecified atom stereocenters. The molecule has 154 valence electrons. The van der Waals surface area contributed by atoms with Crippen LogP contribution in [0.2, 0.25) is 0 Å². The van der Waals surface area contributed by atoms with E-state index in [1.807, 2.05) is 82.6 Å². The van der Waals surface area contributed by atoms with Gasteiger partial charge in [0.2, 0.25) is 11.8 Å². The van der Waals surface area contributed by atoms with Gasteiger partial charge in [-0.2, -0.15) is 0 Å². The number of benzene rings is 2. The maximum atomic E-state index is 13.5. The molecule has 2 amide bonds. The Morgan fingerprint density at radius 3 is 1.87 bits per heavy atom. The number of aryl methyl sites for hydroxylation is 1. The number of amides is 2. The van der Waals surface area contributed by atoms with E-state index in [9.17, 15) is 9.59 Å². The summed E-state index contributed by atoms with van der Waals surface area (Å²) in [6.07, 6.45) is 2.66. The van der Waals surface area contributed by atoms with E-state index in [0.717, 1.165) is 16.9 Å². The van der Waals surface area contributed by atoms with Gasteiger partial charge in [-0.1, -0.05) is 60.7 Å². The first-order valence-electron chi connectivity index (χ1n) is 10.4. The number of hydrogen-bond donors (Lipinski definition) is 0. The summed E-state index contributed by atoms with van der Waals surface area (Å²) in [5.74, 6) is 0.704. The molecule has 30 heavy (non-hydrogen) atoms. The van der Waals surface area contributed by atoms with Crippen LogP contribution < -0.4 is 0 Å². The summed E-state index contributed by atoms with van der Waals surface area (Å²) >= 11 is 0. The van der Waals surface area contributed by atoms with Gasteiger partial charge in [-0.3, -0.25) is 9.59 Å². The van der Waals surface area contributed by atoms with Crippen LogP contribution in [0.25, 0.3) is 0 Å². The molecule has 0 N–H and O–H groups in total. The number of carbonyl (C=O) groups excluding carboxylic acids is 2. The molecule has 1 fully saturated rings. The summed E-state index contributed by atoms with van der Waals surface area (Å²) in [7, 11) is 0. The zero-order valence-corrected chi connectivity index (χ0v) is 16.9. The maximum absolute atomic E-state index is 13.5. The SMILES string of the molecule is O=C(CCc1ccco1)N1CCN(C(=O)C(c2ccccc2)c2ccccc2)CC1. The monoisotopic (exact) mass is 402 g/mol. The van der Waals surface area contributed by atoms with E-state index in [2.05, 4.69) is 0 Å². The van der Waals surface area contributed by atoms with Crippen molar-refractivity contribution >= 4 is 11.8 Å². The van der Waals surface area contributed by atoms with Crippen molar-refractivity contribution in [3.05, 3.63) is 95.9 Å². The fourth-order valence-corrected chi connectivity index (χ4v) is 3.97. The van der Waals surface area contributed by atoms with Gasteiger partial charge < -0.3 is 14.2 Å². The largest absolute Gasteiger partial charge is 0.469 e. The normalized spacial score (nSPS) is 14.2. The number of carbonyl (C=O) groups is 2. The van der Waals surface area contributed by atoms with Gasteiger partial charge in [-0.05, 0) is 23.3 Å². The quantitative estimate of drug-likeness (QED) is 0.632. The molecule has 4 rings (SSSR count). The smallest absolute Gasteiger partial charge is 0.234 e. The highest BCUT2D eigenvalue weighted by Crippen LogP contribution is 2.27. The molecule has 0 spiro atoms. The lowest BCUT2D eigenvalue weighted by Crippen LogP contribution is -2.51. The minimum absolute atomic E-state index is 0.0927. The highest BCUT2D eigenvalue weighted by Gasteiger charge is 2.30. The zero-order chi connectivity index (χ0) is 20.8. The maximum Gasteiger partial charge on any atom is 0.234 e. The molecular weight excluding hydrogens is 376 g/mol. The lowest BCUT2D eigenvalue weighted by molar-refractivity contribution is -0.139. The number of rotatable bonds is 6. The van der Waals surface area contributed by atoms with Gasteiger partial charge in [0.1, 0.15) is 5.76 Å². The predicted molar refractivity (Wildman–Crippen MR) is 115 cm³/mol. The molecule has 1 aliphatic rings. The van der Waals surface area contributed by atoms with Gasteiger partial charge in [-0.15, -0.1) is 0 Å². The van der Waals surface area contributed by atoms with Gasteiger partial charge in [0, 0.05) is 39.0 Å². The van der Waals surface area contributed by atoms with E-state index in [1.165, 1.54) is 0 Å². The van der Waals surface area contributed by atoms with E-state index in [4.69, 9.17) is 4.42 Å². The van der Waals surface area contributed by atoms with Crippen LogP contribution in [-0.2, 0) is 16.0 Å². The van der Waals surface area contributed by atoms with Crippen molar-refractivity contribution < 1.29 is 14.0 Å². The van der Waals surface area contributed by atoms with Gasteiger partial charge in [-0.25, -0.2) is 0 Å². The summed E-state index contributed by atoms with van der Waals surface area (Å²) < 4.78 is 5.31. The number of hydrogen-bond acceptors (Lipinski definition) is 3. The molecule has 0 radical (unpaired) electrons. The fraction of sp³-hybridized carbons (Fsp3) is 0.280. The topological polar surface area (TPSA) is 53.8 Å². The fourth-order valence-electron chi connectivity index (χ4n) is 3.97. The summed E-state index contributed by atoms with van der Waals surface area (Å²) in [5.41, 5.74) is 1.98. The first kappa shape index (κ1) is 20.0. The molecule has 1 aliphatic heterocycles. The number of furan rings is 1. The van der Waals surface area contributed by atoms with E-state index in [1.54, 1.807) is 6.26 Å². The zero-order valence-electron chi connectivity index (χ0n) is 16.9. The van der Waals surface area contributed by atoms with Crippen LogP contribution in [0.3, 0.4) is 0 Å². The van der Waals surface area contributed by atoms with Crippen LogP contribution in [-0.4, -0.2) is 47.8 Å². The van der Waals surface area contributed by atoms with Gasteiger partial charge in [0.05, 0.1) is 12.2 Å². The first-order chi connectivity index (χ1) is 14.7. The van der Waals surface area contributed by atoms with E-state index in [0.29, 0.717) is 39.0 Å². The van der Waals surface area contributed by atoms with Crippen LogP contribution in [0, 0.1) is 0 Å². The Morgan fingerprint density at radius 1 is 0.767 bits per heavy atom. The van der Waals surface area contributed by atoms with E-state index >= 15 is 0 Å². The molecule has 0 atom stereocenters. The van der Waals surface area contributed by atoms with Crippen LogP contribution in [0.4, 0.5) is 0 Å². The predicted octanol–water partition coefficient (Wildman–Crippen LogP) is 3.72. The molecule has 0 bridgehead atoms. The number of piperazine rings is 1. The van der Waals surface area contributed by atoms with Crippen molar-refractivity contribution in [1.29, 1.82) is 0 Å². The van der Waals surface area contributed by atoms with Gasteiger partial charge in [0.25, 0.3) is 0 Å². The number of nitrogens with zero attached hydrogens (tertiary/aromatic N) is 2. The second-order valence-electron chi connectivity index (χ2n) is 7.54. The molecule has 2 aromatic carbocycles. The molecule has 1 saturated heterocycles. The Hall–Kier alpha value is -3.34. The highest BCUT2D eigenvalue weighted by atomic mass is 16.3. The van der Waals surface area contributed by atoms with Crippen molar-refractivity contribution in [2.24, 2.45) is 0 Å². The Labute approximate surface area is 176 Å². The molecule has 3 aromatic rings. The van der Waals surface area contributed by atoms with E-state index < -0.39 is 0 Å². The molecule has 0 saturated carbocycles. The Balaban J connectivity index is 1.40. The molecule has 1 aromatic heterocycles. The Morgan fingerprint density at radius 2 is 1.33 bits per heavy atom. The summed E-state index contributed by atoms with van der Waals surface area (Å²) in [5, 5.41) is 0. The molecule has 5 heteroatoms.